The van der Waals surface area contributed by atoms with Crippen molar-refractivity contribution in [2.45, 2.75) is 32.0 Å². The Morgan fingerprint density at radius 1 is 1.19 bits per heavy atom. The van der Waals surface area contributed by atoms with E-state index in [0.29, 0.717) is 0 Å². The van der Waals surface area contributed by atoms with Crippen LogP contribution in [0.4, 0.5) is 0 Å². The summed E-state index contributed by atoms with van der Waals surface area (Å²) in [5.74, 6) is 0. The summed E-state index contributed by atoms with van der Waals surface area (Å²) in [5.41, 5.74) is 2.74. The van der Waals surface area contributed by atoms with Crippen molar-refractivity contribution in [3.8, 4) is 0 Å². The zero-order chi connectivity index (χ0) is 14.2. The molecule has 1 aliphatic carbocycles. The highest BCUT2D eigenvalue weighted by Crippen LogP contribution is 2.26. The molecule has 4 rings (SSSR count). The van der Waals surface area contributed by atoms with Gasteiger partial charge < -0.3 is 9.88 Å². The number of fused-ring (bicyclic) bond motifs is 1. The summed E-state index contributed by atoms with van der Waals surface area (Å²) in [4.78, 5) is 1.38. The van der Waals surface area contributed by atoms with Crippen LogP contribution >= 0.6 is 27.3 Å². The van der Waals surface area contributed by atoms with Gasteiger partial charge in [0.15, 0.2) is 0 Å². The normalized spacial score (nSPS) is 14.9. The van der Waals surface area contributed by atoms with Crippen molar-refractivity contribution in [3.63, 3.8) is 0 Å². The lowest BCUT2D eigenvalue weighted by Gasteiger charge is -2.07. The average molecular weight is 361 g/mol. The molecule has 1 fully saturated rings. The molecule has 21 heavy (non-hydrogen) atoms. The summed E-state index contributed by atoms with van der Waals surface area (Å²) in [6.45, 7) is 1.93. The van der Waals surface area contributed by atoms with E-state index in [9.17, 15) is 0 Å². The molecule has 0 radical (unpaired) electrons. The molecule has 0 spiro atoms. The molecule has 0 unspecified atom stereocenters. The largest absolute Gasteiger partial charge is 0.342 e. The van der Waals surface area contributed by atoms with Gasteiger partial charge in [-0.05, 0) is 58.6 Å². The molecule has 0 saturated heterocycles. The summed E-state index contributed by atoms with van der Waals surface area (Å²) < 4.78 is 3.54. The second-order valence-corrected chi connectivity index (χ2v) is 8.20. The van der Waals surface area contributed by atoms with Crippen LogP contribution in [0.15, 0.2) is 46.4 Å². The first-order chi connectivity index (χ1) is 10.3. The van der Waals surface area contributed by atoms with Gasteiger partial charge in [0.05, 0.1) is 10.3 Å². The number of aromatic nitrogens is 1. The van der Waals surface area contributed by atoms with Crippen LogP contribution in [0.1, 0.15) is 23.3 Å². The van der Waals surface area contributed by atoms with Gasteiger partial charge >= 0.3 is 0 Å². The number of halogens is 1. The van der Waals surface area contributed by atoms with E-state index in [1.54, 1.807) is 11.3 Å². The van der Waals surface area contributed by atoms with Crippen molar-refractivity contribution in [2.75, 3.05) is 0 Å². The molecule has 1 aromatic carbocycles. The van der Waals surface area contributed by atoms with Crippen molar-refractivity contribution in [1.82, 2.24) is 9.88 Å². The molecule has 2 heterocycles. The lowest BCUT2D eigenvalue weighted by molar-refractivity contribution is 0.691. The summed E-state index contributed by atoms with van der Waals surface area (Å²) in [6.07, 6.45) is 4.88. The predicted molar refractivity (Wildman–Crippen MR) is 92.9 cm³/mol. The van der Waals surface area contributed by atoms with Gasteiger partial charge in [-0.3, -0.25) is 0 Å². The Labute approximate surface area is 136 Å². The van der Waals surface area contributed by atoms with E-state index in [-0.39, 0.29) is 0 Å². The van der Waals surface area contributed by atoms with Gasteiger partial charge in [-0.15, -0.1) is 11.3 Å². The fourth-order valence-electron chi connectivity index (χ4n) is 2.73. The average Bonchev–Trinajstić information content (AvgIpc) is 3.10. The molecule has 0 amide bonds. The third kappa shape index (κ3) is 2.93. The monoisotopic (exact) mass is 360 g/mol. The Morgan fingerprint density at radius 3 is 2.86 bits per heavy atom. The Hall–Kier alpha value is -1.10. The van der Waals surface area contributed by atoms with Crippen LogP contribution in [0.2, 0.25) is 0 Å². The number of rotatable bonds is 5. The zero-order valence-electron chi connectivity index (χ0n) is 11.7. The molecule has 0 atom stereocenters. The fourth-order valence-corrected chi connectivity index (χ4v) is 4.21. The second kappa shape index (κ2) is 5.59. The van der Waals surface area contributed by atoms with Crippen molar-refractivity contribution >= 4 is 38.2 Å². The van der Waals surface area contributed by atoms with E-state index < -0.39 is 0 Å². The summed E-state index contributed by atoms with van der Waals surface area (Å²) >= 11 is 5.34. The first-order valence-corrected chi connectivity index (χ1v) is 8.95. The van der Waals surface area contributed by atoms with E-state index in [4.69, 9.17) is 0 Å². The van der Waals surface area contributed by atoms with Crippen LogP contribution in [0.3, 0.4) is 0 Å². The number of hydrogen-bond donors (Lipinski definition) is 1. The second-order valence-electron chi connectivity index (χ2n) is 5.65. The molecule has 1 N–H and O–H groups in total. The minimum atomic E-state index is 0.755. The minimum Gasteiger partial charge on any atom is -0.342 e. The Morgan fingerprint density at radius 2 is 2.10 bits per heavy atom. The Balaban J connectivity index is 1.62. The van der Waals surface area contributed by atoms with E-state index in [2.05, 4.69) is 68.4 Å². The van der Waals surface area contributed by atoms with E-state index in [1.807, 2.05) is 0 Å². The lowest BCUT2D eigenvalue weighted by atomic mass is 10.1. The van der Waals surface area contributed by atoms with Gasteiger partial charge in [-0.25, -0.2) is 0 Å². The maximum absolute atomic E-state index is 3.61. The maximum atomic E-state index is 3.61. The smallest absolute Gasteiger partial charge is 0.0702 e. The van der Waals surface area contributed by atoms with Gasteiger partial charge in [-0.1, -0.05) is 12.1 Å². The summed E-state index contributed by atoms with van der Waals surface area (Å²) in [5, 5.41) is 4.99. The van der Waals surface area contributed by atoms with Gasteiger partial charge in [0.1, 0.15) is 0 Å². The highest BCUT2D eigenvalue weighted by Gasteiger charge is 2.20. The van der Waals surface area contributed by atoms with Crippen molar-refractivity contribution in [3.05, 3.63) is 56.8 Å². The van der Waals surface area contributed by atoms with E-state index in [1.165, 1.54) is 38.0 Å². The molecule has 2 aromatic heterocycles. The third-order valence-corrected chi connectivity index (χ3v) is 5.63. The highest BCUT2D eigenvalue weighted by atomic mass is 79.9. The lowest BCUT2D eigenvalue weighted by Crippen LogP contribution is -2.15. The first-order valence-electron chi connectivity index (χ1n) is 7.34. The minimum absolute atomic E-state index is 0.755. The Bertz CT molecular complexity index is 770. The SMILES string of the molecule is Brc1ccc(Cn2ccc3c(CNC4CC4)cccc32)s1. The van der Waals surface area contributed by atoms with Crippen LogP contribution in [-0.2, 0) is 13.1 Å². The number of benzene rings is 1. The van der Waals surface area contributed by atoms with Crippen LogP contribution in [0.5, 0.6) is 0 Å². The number of hydrogen-bond acceptors (Lipinski definition) is 2. The molecule has 2 nitrogen and oxygen atoms in total. The summed E-state index contributed by atoms with van der Waals surface area (Å²) in [6, 6.07) is 14.0. The Kier molecular flexibility index (Phi) is 3.61. The molecule has 1 aliphatic rings. The number of thiophene rings is 1. The predicted octanol–water partition coefficient (Wildman–Crippen LogP) is 4.77. The van der Waals surface area contributed by atoms with E-state index in [0.717, 1.165) is 19.1 Å². The van der Waals surface area contributed by atoms with Gasteiger partial charge in [0.25, 0.3) is 0 Å². The summed E-state index contributed by atoms with van der Waals surface area (Å²) in [7, 11) is 0. The van der Waals surface area contributed by atoms with Crippen molar-refractivity contribution < 1.29 is 0 Å². The topological polar surface area (TPSA) is 17.0 Å². The third-order valence-electron chi connectivity index (χ3n) is 4.02. The standard InChI is InChI=1S/C17H17BrN2S/c18-17-7-6-14(21-17)11-20-9-8-15-12(2-1-3-16(15)20)10-19-13-4-5-13/h1-3,6-9,13,19H,4-5,10-11H2. The molecular weight excluding hydrogens is 344 g/mol. The molecular formula is C17H17BrN2S. The quantitative estimate of drug-likeness (QED) is 0.693. The molecule has 4 heteroatoms. The maximum Gasteiger partial charge on any atom is 0.0702 e. The van der Waals surface area contributed by atoms with Crippen LogP contribution < -0.4 is 5.32 Å². The van der Waals surface area contributed by atoms with Crippen molar-refractivity contribution in [1.29, 1.82) is 0 Å². The fraction of sp³-hybridized carbons (Fsp3) is 0.294. The zero-order valence-corrected chi connectivity index (χ0v) is 14.1. The van der Waals surface area contributed by atoms with E-state index >= 15 is 0 Å². The number of nitrogens with one attached hydrogen (secondary N) is 1. The van der Waals surface area contributed by atoms with Crippen LogP contribution in [0.25, 0.3) is 10.9 Å². The highest BCUT2D eigenvalue weighted by molar-refractivity contribution is 9.11. The van der Waals surface area contributed by atoms with Gasteiger partial charge in [0.2, 0.25) is 0 Å². The van der Waals surface area contributed by atoms with Crippen LogP contribution in [-0.4, -0.2) is 10.6 Å². The molecule has 1 saturated carbocycles. The van der Waals surface area contributed by atoms with Gasteiger partial charge in [0, 0.05) is 34.6 Å². The molecule has 0 bridgehead atoms. The first kappa shape index (κ1) is 13.6. The molecule has 0 aliphatic heterocycles. The molecule has 108 valence electrons. The molecule has 3 aromatic rings. The van der Waals surface area contributed by atoms with Crippen LogP contribution in [0, 0.1) is 0 Å². The van der Waals surface area contributed by atoms with Gasteiger partial charge in [-0.2, -0.15) is 0 Å². The van der Waals surface area contributed by atoms with Crippen molar-refractivity contribution in [2.24, 2.45) is 0 Å². The number of nitrogens with zero attached hydrogens (tertiary/aromatic N) is 1.